The number of sulfonamides is 1. The van der Waals surface area contributed by atoms with Gasteiger partial charge in [0.05, 0.1) is 26.0 Å². The second-order valence-corrected chi connectivity index (χ2v) is 19.7. The van der Waals surface area contributed by atoms with Crippen LogP contribution >= 0.6 is 0 Å². The number of phenolic OH excluding ortho intramolecular Hbond substituents is 2. The molecule has 0 spiro atoms. The molecule has 0 fully saturated rings. The summed E-state index contributed by atoms with van der Waals surface area (Å²) in [6, 6.07) is 2.25. The largest absolute Gasteiger partial charge is 0.507 e. The van der Waals surface area contributed by atoms with Gasteiger partial charge in [-0.1, -0.05) is 96.1 Å². The number of aliphatic hydroxyl groups is 1. The third-order valence-corrected chi connectivity index (χ3v) is 12.7. The zero-order valence-corrected chi connectivity index (χ0v) is 42.2. The number of hydrogen-bond donors (Lipinski definition) is 10. The zero-order chi connectivity index (χ0) is 52.8. The molecule has 8 amide bonds. The molecule has 0 aromatic heterocycles. The summed E-state index contributed by atoms with van der Waals surface area (Å²) in [7, 11) is -1.36. The highest BCUT2D eigenvalue weighted by Crippen LogP contribution is 2.38. The van der Waals surface area contributed by atoms with Gasteiger partial charge >= 0.3 is 0 Å². The van der Waals surface area contributed by atoms with E-state index < -0.39 is 101 Å². The summed E-state index contributed by atoms with van der Waals surface area (Å²) in [5.41, 5.74) is 6.42. The molecule has 0 saturated carbocycles. The van der Waals surface area contributed by atoms with Crippen molar-refractivity contribution in [3.63, 3.8) is 0 Å². The molecule has 23 heteroatoms. The summed E-state index contributed by atoms with van der Waals surface area (Å²) in [5.74, 6) is -7.69. The van der Waals surface area contributed by atoms with Gasteiger partial charge in [0, 0.05) is 38.1 Å². The third-order valence-electron chi connectivity index (χ3n) is 12.1. The van der Waals surface area contributed by atoms with Crippen LogP contribution < -0.4 is 37.0 Å². The minimum atomic E-state index is -3.95. The van der Waals surface area contributed by atoms with Crippen molar-refractivity contribution >= 4 is 57.3 Å². The summed E-state index contributed by atoms with van der Waals surface area (Å²) in [6.45, 7) is 1.19. The van der Waals surface area contributed by atoms with E-state index >= 15 is 0 Å². The standard InChI is InChI=1S/C48H73N9O13S/c1-6-7-8-9-10-11-12-13-14-15-16-17-18-19-40(62)56(3)36(29-58)46(66)54-43(49)48(68)51-28-41(63)57(4)42-32-21-23-38(60)34(26-32)33-24-31(20-22-37(33)59)25-35(53-44(64)30(2)52-47(42)67)45(65)50-27-39(61)55-71(5,69)70/h20-24,26,30,35-36,42-43,58-60H,6-19,25,27-29,49H2,1-5H3,(H,50,65)(H,51,68)(H,52,67)(H,53,64)(H,54,66)(H,55,61)/t30-,35-,36+,42-,43-/m0/s1. The monoisotopic (exact) mass is 1020 g/mol. The number of phenols is 2. The van der Waals surface area contributed by atoms with Gasteiger partial charge in [0.25, 0.3) is 11.8 Å². The number of unbranched alkanes of at least 4 members (excludes halogenated alkanes) is 12. The van der Waals surface area contributed by atoms with Gasteiger partial charge in [-0.3, -0.25) is 43.1 Å². The van der Waals surface area contributed by atoms with Crippen LogP contribution in [0.15, 0.2) is 36.4 Å². The van der Waals surface area contributed by atoms with E-state index in [2.05, 4.69) is 33.5 Å². The lowest BCUT2D eigenvalue weighted by Gasteiger charge is -2.30. The summed E-state index contributed by atoms with van der Waals surface area (Å²) in [6.07, 6.45) is 13.7. The molecule has 5 atom stereocenters. The fraction of sp³-hybridized carbons (Fsp3) is 0.583. The molecule has 0 aliphatic carbocycles. The van der Waals surface area contributed by atoms with Crippen molar-refractivity contribution < 1.29 is 62.1 Å². The Morgan fingerprint density at radius 2 is 1.32 bits per heavy atom. The van der Waals surface area contributed by atoms with Crippen LogP contribution in [0, 0.1) is 0 Å². The normalized spacial score (nSPS) is 16.7. The predicted octanol–water partition coefficient (Wildman–Crippen LogP) is 0.820. The van der Waals surface area contributed by atoms with Gasteiger partial charge in [0.2, 0.25) is 45.5 Å². The Kier molecular flexibility index (Phi) is 24.2. The molecule has 394 valence electrons. The number of likely N-dealkylation sites (N-methyl/N-ethyl adjacent to an activating group) is 2. The molecular weight excluding hydrogens is 943 g/mol. The van der Waals surface area contributed by atoms with Crippen LogP contribution in [0.2, 0.25) is 0 Å². The quantitative estimate of drug-likeness (QED) is 0.0461. The molecule has 22 nitrogen and oxygen atoms in total. The maximum atomic E-state index is 14.1. The van der Waals surface area contributed by atoms with Crippen LogP contribution in [0.4, 0.5) is 0 Å². The highest BCUT2D eigenvalue weighted by atomic mass is 32.2. The number of nitrogens with zero attached hydrogens (tertiary/aromatic N) is 2. The number of rotatable bonds is 26. The van der Waals surface area contributed by atoms with Crippen LogP contribution in [0.3, 0.4) is 0 Å². The van der Waals surface area contributed by atoms with E-state index in [1.165, 1.54) is 109 Å². The molecule has 2 aromatic carbocycles. The Morgan fingerprint density at radius 3 is 1.90 bits per heavy atom. The van der Waals surface area contributed by atoms with Crippen molar-refractivity contribution in [2.75, 3.05) is 40.0 Å². The average molecular weight is 1020 g/mol. The van der Waals surface area contributed by atoms with Gasteiger partial charge in [0.15, 0.2) is 6.17 Å². The smallest absolute Gasteiger partial charge is 0.257 e. The fourth-order valence-corrected chi connectivity index (χ4v) is 8.42. The SMILES string of the molecule is CCCCCCCCCCCCCCCC(=O)N(C)[C@H](CO)C(=O)N[C@H](N)C(=O)NCC(=O)N(C)[C@@H]1C(=O)N[C@@H](C)C(=O)N[C@H](C(=O)NCC(=O)NS(C)(=O)=O)Cc2ccc(O)c(c2)-c2cc1ccc2O. The van der Waals surface area contributed by atoms with E-state index in [-0.39, 0.29) is 46.9 Å². The minimum absolute atomic E-state index is 0.00350. The van der Waals surface area contributed by atoms with Crippen LogP contribution in [0.25, 0.3) is 11.1 Å². The van der Waals surface area contributed by atoms with Crippen LogP contribution in [-0.4, -0.2) is 145 Å². The van der Waals surface area contributed by atoms with Crippen molar-refractivity contribution in [2.24, 2.45) is 5.73 Å². The van der Waals surface area contributed by atoms with E-state index in [0.717, 1.165) is 41.7 Å². The number of aliphatic hydroxyl groups excluding tert-OH is 1. The molecule has 1 aliphatic heterocycles. The molecule has 0 radical (unpaired) electrons. The first-order valence-electron chi connectivity index (χ1n) is 24.1. The molecular formula is C48H73N9O13S. The first-order valence-corrected chi connectivity index (χ1v) is 26.0. The van der Waals surface area contributed by atoms with Crippen molar-refractivity contribution in [3.05, 3.63) is 47.5 Å². The summed E-state index contributed by atoms with van der Waals surface area (Å²) >= 11 is 0. The summed E-state index contributed by atoms with van der Waals surface area (Å²) in [5, 5.41) is 43.7. The topological polar surface area (TPSA) is 336 Å². The van der Waals surface area contributed by atoms with Gasteiger partial charge < -0.3 is 57.4 Å². The molecule has 2 aromatic rings. The maximum absolute atomic E-state index is 14.1. The number of nitrogens with two attached hydrogens (primary N) is 1. The van der Waals surface area contributed by atoms with Crippen molar-refractivity contribution in [1.29, 1.82) is 0 Å². The van der Waals surface area contributed by atoms with Crippen molar-refractivity contribution in [3.8, 4) is 22.6 Å². The Morgan fingerprint density at radius 1 is 0.761 bits per heavy atom. The zero-order valence-electron chi connectivity index (χ0n) is 41.4. The Bertz CT molecular complexity index is 2300. The van der Waals surface area contributed by atoms with Crippen molar-refractivity contribution in [1.82, 2.24) is 41.1 Å². The highest BCUT2D eigenvalue weighted by Gasteiger charge is 2.34. The van der Waals surface area contributed by atoms with Crippen LogP contribution in [0.5, 0.6) is 11.5 Å². The number of carbonyl (C=O) groups is 8. The van der Waals surface area contributed by atoms with E-state index in [4.69, 9.17) is 5.73 Å². The maximum Gasteiger partial charge on any atom is 0.257 e. The molecule has 3 rings (SSSR count). The lowest BCUT2D eigenvalue weighted by Crippen LogP contribution is -2.59. The van der Waals surface area contributed by atoms with Crippen molar-refractivity contribution in [2.45, 2.75) is 140 Å². The highest BCUT2D eigenvalue weighted by molar-refractivity contribution is 7.89. The van der Waals surface area contributed by atoms with Gasteiger partial charge in [-0.05, 0) is 48.7 Å². The van der Waals surface area contributed by atoms with E-state index in [9.17, 15) is 62.1 Å². The first kappa shape index (κ1) is 59.0. The molecule has 11 N–H and O–H groups in total. The van der Waals surface area contributed by atoms with Crippen LogP contribution in [0.1, 0.15) is 121 Å². The number of benzene rings is 2. The molecule has 4 bridgehead atoms. The summed E-state index contributed by atoms with van der Waals surface area (Å²) in [4.78, 5) is 108. The lowest BCUT2D eigenvalue weighted by molar-refractivity contribution is -0.142. The van der Waals surface area contributed by atoms with Gasteiger partial charge in [0.1, 0.15) is 35.7 Å². The van der Waals surface area contributed by atoms with E-state index in [1.807, 2.05) is 0 Å². The molecule has 1 aliphatic rings. The Labute approximate surface area is 415 Å². The lowest BCUT2D eigenvalue weighted by atomic mass is 9.93. The van der Waals surface area contributed by atoms with Crippen LogP contribution in [-0.2, 0) is 54.8 Å². The average Bonchev–Trinajstić information content (AvgIpc) is 3.31. The Balaban J connectivity index is 1.66. The predicted molar refractivity (Wildman–Crippen MR) is 263 cm³/mol. The molecule has 0 unspecified atom stereocenters. The fourth-order valence-electron chi connectivity index (χ4n) is 7.93. The van der Waals surface area contributed by atoms with Gasteiger partial charge in [-0.25, -0.2) is 8.42 Å². The van der Waals surface area contributed by atoms with Gasteiger partial charge in [-0.15, -0.1) is 0 Å². The number of aromatic hydroxyl groups is 2. The number of amides is 8. The van der Waals surface area contributed by atoms with Gasteiger partial charge in [-0.2, -0.15) is 0 Å². The number of carbonyl (C=O) groups excluding carboxylic acids is 8. The minimum Gasteiger partial charge on any atom is -0.507 e. The van der Waals surface area contributed by atoms with E-state index in [1.54, 1.807) is 4.72 Å². The number of nitrogens with one attached hydrogen (secondary N) is 6. The second-order valence-electron chi connectivity index (χ2n) is 17.9. The molecule has 0 saturated heterocycles. The molecule has 1 heterocycles. The molecule has 71 heavy (non-hydrogen) atoms. The number of hydrogen-bond acceptors (Lipinski definition) is 14. The Hall–Kier alpha value is -6.33. The third kappa shape index (κ3) is 19.4. The number of fused-ring (bicyclic) bond motifs is 5. The summed E-state index contributed by atoms with van der Waals surface area (Å²) < 4.78 is 24.7. The first-order chi connectivity index (χ1) is 33.6. The van der Waals surface area contributed by atoms with E-state index in [0.29, 0.717) is 12.0 Å². The second kappa shape index (κ2) is 29.1.